The Kier molecular flexibility index (Phi) is 9.84. The molecule has 3 rings (SSSR count). The fourth-order valence-corrected chi connectivity index (χ4v) is 4.20. The van der Waals surface area contributed by atoms with Gasteiger partial charge in [-0.3, -0.25) is 4.99 Å². The average molecular weight is 465 g/mol. The van der Waals surface area contributed by atoms with Crippen LogP contribution in [0.1, 0.15) is 57.8 Å². The van der Waals surface area contributed by atoms with Crippen molar-refractivity contribution in [2.75, 3.05) is 39.9 Å². The van der Waals surface area contributed by atoms with E-state index in [0.717, 1.165) is 64.0 Å². The van der Waals surface area contributed by atoms with Crippen LogP contribution in [0.15, 0.2) is 4.99 Å². The Labute approximate surface area is 170 Å². The van der Waals surface area contributed by atoms with Crippen LogP contribution in [0.4, 0.5) is 0 Å². The van der Waals surface area contributed by atoms with Crippen LogP contribution in [0.3, 0.4) is 0 Å². The third kappa shape index (κ3) is 6.86. The molecule has 5 nitrogen and oxygen atoms in total. The van der Waals surface area contributed by atoms with E-state index in [2.05, 4.69) is 15.2 Å². The van der Waals surface area contributed by atoms with E-state index < -0.39 is 0 Å². The first kappa shape index (κ1) is 21.2. The summed E-state index contributed by atoms with van der Waals surface area (Å²) >= 11 is 0. The predicted octanol–water partition coefficient (Wildman–Crippen LogP) is 3.42. The second kappa shape index (κ2) is 11.6. The SMILES string of the molecule is CN=C(NCC1CCCC1)N1CCC(OCC2CCCCO2)CC1.I. The zero-order valence-corrected chi connectivity index (χ0v) is 18.1. The van der Waals surface area contributed by atoms with Gasteiger partial charge in [0.15, 0.2) is 5.96 Å². The maximum atomic E-state index is 6.11. The van der Waals surface area contributed by atoms with Crippen LogP contribution < -0.4 is 5.32 Å². The fraction of sp³-hybridized carbons (Fsp3) is 0.947. The van der Waals surface area contributed by atoms with Crippen molar-refractivity contribution < 1.29 is 9.47 Å². The van der Waals surface area contributed by atoms with Gasteiger partial charge in [-0.05, 0) is 50.9 Å². The molecule has 3 fully saturated rings. The Morgan fingerprint density at radius 3 is 2.44 bits per heavy atom. The first-order valence-electron chi connectivity index (χ1n) is 10.0. The molecule has 1 saturated carbocycles. The van der Waals surface area contributed by atoms with Crippen LogP contribution in [0.2, 0.25) is 0 Å². The molecule has 1 unspecified atom stereocenters. The molecule has 146 valence electrons. The zero-order chi connectivity index (χ0) is 16.6. The second-order valence-electron chi connectivity index (χ2n) is 7.59. The molecule has 6 heteroatoms. The molecule has 0 radical (unpaired) electrons. The highest BCUT2D eigenvalue weighted by molar-refractivity contribution is 14.0. The molecule has 0 aromatic heterocycles. The lowest BCUT2D eigenvalue weighted by molar-refractivity contribution is -0.0721. The van der Waals surface area contributed by atoms with Crippen molar-refractivity contribution in [1.29, 1.82) is 0 Å². The molecule has 1 aliphatic carbocycles. The Bertz CT molecular complexity index is 388. The fourth-order valence-electron chi connectivity index (χ4n) is 4.20. The highest BCUT2D eigenvalue weighted by Crippen LogP contribution is 2.24. The highest BCUT2D eigenvalue weighted by atomic mass is 127. The third-order valence-corrected chi connectivity index (χ3v) is 5.77. The predicted molar refractivity (Wildman–Crippen MR) is 113 cm³/mol. The topological polar surface area (TPSA) is 46.1 Å². The molecule has 0 aromatic carbocycles. The van der Waals surface area contributed by atoms with Gasteiger partial charge in [0.05, 0.1) is 18.8 Å². The Balaban J connectivity index is 0.00000225. The van der Waals surface area contributed by atoms with Gasteiger partial charge >= 0.3 is 0 Å². The summed E-state index contributed by atoms with van der Waals surface area (Å²) in [4.78, 5) is 6.88. The molecule has 25 heavy (non-hydrogen) atoms. The van der Waals surface area contributed by atoms with E-state index in [9.17, 15) is 0 Å². The van der Waals surface area contributed by atoms with Crippen molar-refractivity contribution in [2.24, 2.45) is 10.9 Å². The highest BCUT2D eigenvalue weighted by Gasteiger charge is 2.24. The van der Waals surface area contributed by atoms with Crippen LogP contribution in [0, 0.1) is 5.92 Å². The summed E-state index contributed by atoms with van der Waals surface area (Å²) in [6.45, 7) is 4.86. The van der Waals surface area contributed by atoms with Gasteiger partial charge < -0.3 is 19.7 Å². The number of hydrogen-bond acceptors (Lipinski definition) is 3. The number of halogens is 1. The lowest BCUT2D eigenvalue weighted by Crippen LogP contribution is -2.48. The molecule has 3 aliphatic rings. The quantitative estimate of drug-likeness (QED) is 0.384. The van der Waals surface area contributed by atoms with Crippen LogP contribution in [-0.2, 0) is 9.47 Å². The zero-order valence-electron chi connectivity index (χ0n) is 15.8. The minimum absolute atomic E-state index is 0. The molecule has 1 N–H and O–H groups in total. The van der Waals surface area contributed by atoms with Crippen molar-refractivity contribution in [1.82, 2.24) is 10.2 Å². The Morgan fingerprint density at radius 1 is 1.08 bits per heavy atom. The molecule has 2 heterocycles. The number of nitrogens with zero attached hydrogens (tertiary/aromatic N) is 2. The minimum atomic E-state index is 0. The lowest BCUT2D eigenvalue weighted by atomic mass is 10.1. The van der Waals surface area contributed by atoms with E-state index in [4.69, 9.17) is 9.47 Å². The lowest BCUT2D eigenvalue weighted by Gasteiger charge is -2.35. The van der Waals surface area contributed by atoms with Crippen LogP contribution in [0.25, 0.3) is 0 Å². The van der Waals surface area contributed by atoms with Gasteiger partial charge in [-0.1, -0.05) is 12.8 Å². The van der Waals surface area contributed by atoms with E-state index >= 15 is 0 Å². The van der Waals surface area contributed by atoms with E-state index in [1.54, 1.807) is 0 Å². The number of likely N-dealkylation sites (tertiary alicyclic amines) is 1. The van der Waals surface area contributed by atoms with E-state index in [1.165, 1.54) is 38.5 Å². The summed E-state index contributed by atoms with van der Waals surface area (Å²) in [5.41, 5.74) is 0. The first-order chi connectivity index (χ1) is 11.8. The average Bonchev–Trinajstić information content (AvgIpc) is 3.16. The number of ether oxygens (including phenoxy) is 2. The normalized spacial score (nSPS) is 26.5. The van der Waals surface area contributed by atoms with Crippen molar-refractivity contribution in [3.8, 4) is 0 Å². The van der Waals surface area contributed by atoms with Crippen LogP contribution in [-0.4, -0.2) is 63.0 Å². The van der Waals surface area contributed by atoms with Crippen molar-refractivity contribution in [2.45, 2.75) is 70.0 Å². The number of hydrogen-bond donors (Lipinski definition) is 1. The third-order valence-electron chi connectivity index (χ3n) is 5.77. The van der Waals surface area contributed by atoms with E-state index in [0.29, 0.717) is 12.2 Å². The summed E-state index contributed by atoms with van der Waals surface area (Å²) in [5.74, 6) is 1.93. The van der Waals surface area contributed by atoms with E-state index in [1.807, 2.05) is 7.05 Å². The largest absolute Gasteiger partial charge is 0.376 e. The van der Waals surface area contributed by atoms with Gasteiger partial charge in [0.2, 0.25) is 0 Å². The molecule has 1 atom stereocenters. The van der Waals surface area contributed by atoms with Crippen molar-refractivity contribution in [3.63, 3.8) is 0 Å². The standard InChI is InChI=1S/C19H35N3O2.HI/c1-20-19(21-14-16-6-2-3-7-16)22-11-9-17(10-12-22)24-15-18-8-4-5-13-23-18;/h16-18H,2-15H2,1H3,(H,20,21);1H. The Morgan fingerprint density at radius 2 is 1.80 bits per heavy atom. The monoisotopic (exact) mass is 465 g/mol. The summed E-state index contributed by atoms with van der Waals surface area (Å²) in [7, 11) is 1.90. The van der Waals surface area contributed by atoms with Crippen molar-refractivity contribution >= 4 is 29.9 Å². The number of rotatable bonds is 5. The summed E-state index contributed by atoms with van der Waals surface area (Å²) < 4.78 is 11.9. The van der Waals surface area contributed by atoms with Gasteiger partial charge in [0.1, 0.15) is 0 Å². The maximum Gasteiger partial charge on any atom is 0.193 e. The number of nitrogens with one attached hydrogen (secondary N) is 1. The molecule has 0 bridgehead atoms. The molecule has 2 saturated heterocycles. The van der Waals surface area contributed by atoms with E-state index in [-0.39, 0.29) is 24.0 Å². The number of aliphatic imine (C=N–C) groups is 1. The molecular formula is C19H36IN3O2. The summed E-state index contributed by atoms with van der Waals surface area (Å²) in [5, 5.41) is 3.59. The van der Waals surface area contributed by atoms with Crippen LogP contribution >= 0.6 is 24.0 Å². The molecule has 0 spiro atoms. The van der Waals surface area contributed by atoms with Gasteiger partial charge in [0, 0.05) is 33.3 Å². The summed E-state index contributed by atoms with van der Waals surface area (Å²) in [6.07, 6.45) is 12.1. The molecule has 0 amide bonds. The minimum Gasteiger partial charge on any atom is -0.376 e. The van der Waals surface area contributed by atoms with Gasteiger partial charge in [-0.15, -0.1) is 24.0 Å². The smallest absolute Gasteiger partial charge is 0.193 e. The number of guanidine groups is 1. The molecule has 0 aromatic rings. The maximum absolute atomic E-state index is 6.11. The van der Waals surface area contributed by atoms with Gasteiger partial charge in [0.25, 0.3) is 0 Å². The molecule has 2 aliphatic heterocycles. The van der Waals surface area contributed by atoms with Crippen molar-refractivity contribution in [3.05, 3.63) is 0 Å². The first-order valence-corrected chi connectivity index (χ1v) is 10.0. The molecular weight excluding hydrogens is 429 g/mol. The Hall–Kier alpha value is -0.0800. The van der Waals surface area contributed by atoms with Crippen LogP contribution in [0.5, 0.6) is 0 Å². The summed E-state index contributed by atoms with van der Waals surface area (Å²) in [6, 6.07) is 0. The van der Waals surface area contributed by atoms with Gasteiger partial charge in [-0.2, -0.15) is 0 Å². The number of piperidine rings is 1. The van der Waals surface area contributed by atoms with Gasteiger partial charge in [-0.25, -0.2) is 0 Å². The second-order valence-corrected chi connectivity index (χ2v) is 7.59.